The van der Waals surface area contributed by atoms with Crippen molar-refractivity contribution in [2.24, 2.45) is 11.8 Å². The maximum atomic E-state index is 12.4. The van der Waals surface area contributed by atoms with Crippen LogP contribution in [0.1, 0.15) is 38.5 Å². The van der Waals surface area contributed by atoms with Gasteiger partial charge in [0.25, 0.3) is 0 Å². The van der Waals surface area contributed by atoms with Gasteiger partial charge in [-0.1, -0.05) is 17.7 Å². The topological polar surface area (TPSA) is 67.4 Å². The van der Waals surface area contributed by atoms with Crippen LogP contribution in [-0.2, 0) is 14.3 Å². The van der Waals surface area contributed by atoms with Crippen molar-refractivity contribution in [1.82, 2.24) is 5.32 Å². The average molecular weight is 365 g/mol. The molecule has 2 fully saturated rings. The van der Waals surface area contributed by atoms with Crippen molar-refractivity contribution in [3.63, 3.8) is 0 Å². The van der Waals surface area contributed by atoms with E-state index in [0.717, 1.165) is 45.1 Å². The summed E-state index contributed by atoms with van der Waals surface area (Å²) in [5, 5.41) is 6.52. The predicted molar refractivity (Wildman–Crippen MR) is 97.5 cm³/mol. The number of carbonyl (C=O) groups is 2. The van der Waals surface area contributed by atoms with E-state index < -0.39 is 0 Å². The Morgan fingerprint density at radius 1 is 1.08 bits per heavy atom. The molecule has 6 heteroatoms. The Morgan fingerprint density at radius 3 is 2.44 bits per heavy atom. The van der Waals surface area contributed by atoms with Gasteiger partial charge in [0.1, 0.15) is 0 Å². The largest absolute Gasteiger partial charge is 0.376 e. The normalized spacial score (nSPS) is 26.2. The lowest BCUT2D eigenvalue weighted by Gasteiger charge is -2.27. The highest BCUT2D eigenvalue weighted by Crippen LogP contribution is 2.30. The fourth-order valence-corrected chi connectivity index (χ4v) is 3.78. The summed E-state index contributed by atoms with van der Waals surface area (Å²) in [6.07, 6.45) is 5.26. The van der Waals surface area contributed by atoms with E-state index in [4.69, 9.17) is 16.3 Å². The summed E-state index contributed by atoms with van der Waals surface area (Å²) < 4.78 is 5.53. The van der Waals surface area contributed by atoms with Crippen LogP contribution in [0.15, 0.2) is 24.3 Å². The number of amides is 2. The lowest BCUT2D eigenvalue weighted by atomic mass is 9.81. The number of nitrogens with one attached hydrogen (secondary N) is 2. The van der Waals surface area contributed by atoms with Gasteiger partial charge in [0.2, 0.25) is 11.8 Å². The van der Waals surface area contributed by atoms with Gasteiger partial charge in [-0.05, 0) is 56.7 Å². The molecule has 1 unspecified atom stereocenters. The minimum atomic E-state index is -0.0406. The molecule has 0 bridgehead atoms. The fraction of sp³-hybridized carbons (Fsp3) is 0.579. The van der Waals surface area contributed by atoms with Gasteiger partial charge in [0.05, 0.1) is 6.10 Å². The van der Waals surface area contributed by atoms with E-state index in [-0.39, 0.29) is 29.8 Å². The van der Waals surface area contributed by atoms with Crippen LogP contribution in [0.4, 0.5) is 5.69 Å². The zero-order valence-corrected chi connectivity index (χ0v) is 15.1. The lowest BCUT2D eigenvalue weighted by Crippen LogP contribution is -2.38. The molecule has 1 aromatic carbocycles. The molecule has 1 atom stereocenters. The molecule has 1 aromatic rings. The first kappa shape index (κ1) is 18.2. The van der Waals surface area contributed by atoms with Gasteiger partial charge < -0.3 is 15.4 Å². The standard InChI is InChI=1S/C19H25ClN2O3/c20-15-3-1-4-16(11-15)22-19(24)14-8-6-13(7-9-14)18(23)21-12-17-5-2-10-25-17/h1,3-4,11,13-14,17H,2,5-10,12H2,(H,21,23)(H,22,24). The smallest absolute Gasteiger partial charge is 0.227 e. The average Bonchev–Trinajstić information content (AvgIpc) is 3.13. The Kier molecular flexibility index (Phi) is 6.32. The third kappa shape index (κ3) is 5.19. The maximum Gasteiger partial charge on any atom is 0.227 e. The quantitative estimate of drug-likeness (QED) is 0.841. The molecule has 0 spiro atoms. The third-order valence-electron chi connectivity index (χ3n) is 5.09. The van der Waals surface area contributed by atoms with E-state index in [0.29, 0.717) is 17.3 Å². The van der Waals surface area contributed by atoms with Gasteiger partial charge >= 0.3 is 0 Å². The van der Waals surface area contributed by atoms with E-state index in [1.54, 1.807) is 12.1 Å². The minimum Gasteiger partial charge on any atom is -0.376 e. The highest BCUT2D eigenvalue weighted by atomic mass is 35.5. The number of rotatable bonds is 5. The summed E-state index contributed by atoms with van der Waals surface area (Å²) in [6.45, 7) is 1.40. The van der Waals surface area contributed by atoms with Crippen molar-refractivity contribution in [3.05, 3.63) is 29.3 Å². The molecule has 3 rings (SSSR count). The van der Waals surface area contributed by atoms with Crippen LogP contribution in [0.3, 0.4) is 0 Å². The number of benzene rings is 1. The molecule has 1 aliphatic heterocycles. The molecule has 2 aliphatic rings. The molecule has 5 nitrogen and oxygen atoms in total. The highest BCUT2D eigenvalue weighted by molar-refractivity contribution is 6.30. The second-order valence-electron chi connectivity index (χ2n) is 6.93. The third-order valence-corrected chi connectivity index (χ3v) is 5.32. The molecule has 1 saturated carbocycles. The van der Waals surface area contributed by atoms with Gasteiger partial charge in [-0.15, -0.1) is 0 Å². The number of halogens is 1. The van der Waals surface area contributed by atoms with E-state index in [1.807, 2.05) is 12.1 Å². The fourth-order valence-electron chi connectivity index (χ4n) is 3.59. The van der Waals surface area contributed by atoms with Crippen LogP contribution < -0.4 is 10.6 Å². The van der Waals surface area contributed by atoms with Crippen molar-refractivity contribution in [3.8, 4) is 0 Å². The molecule has 25 heavy (non-hydrogen) atoms. The monoisotopic (exact) mass is 364 g/mol. The summed E-state index contributed by atoms with van der Waals surface area (Å²) in [5.41, 5.74) is 0.717. The second kappa shape index (κ2) is 8.68. The lowest BCUT2D eigenvalue weighted by molar-refractivity contribution is -0.128. The van der Waals surface area contributed by atoms with Gasteiger partial charge in [-0.3, -0.25) is 9.59 Å². The first-order valence-corrected chi connectivity index (χ1v) is 9.45. The molecule has 1 aliphatic carbocycles. The van der Waals surface area contributed by atoms with Crippen LogP contribution >= 0.6 is 11.6 Å². The molecular formula is C19H25ClN2O3. The van der Waals surface area contributed by atoms with Crippen LogP contribution in [0.2, 0.25) is 5.02 Å². The Labute approximate surface area is 153 Å². The summed E-state index contributed by atoms with van der Waals surface area (Å²) in [7, 11) is 0. The molecule has 1 saturated heterocycles. The first-order chi connectivity index (χ1) is 12.1. The number of hydrogen-bond donors (Lipinski definition) is 2. The molecule has 136 valence electrons. The summed E-state index contributed by atoms with van der Waals surface area (Å²) >= 11 is 5.94. The Bertz CT molecular complexity index is 608. The van der Waals surface area contributed by atoms with E-state index in [1.165, 1.54) is 0 Å². The van der Waals surface area contributed by atoms with Crippen molar-refractivity contribution >= 4 is 29.1 Å². The summed E-state index contributed by atoms with van der Waals surface area (Å²) in [5.74, 6) is 0.0856. The van der Waals surface area contributed by atoms with Crippen LogP contribution in [-0.4, -0.2) is 31.1 Å². The highest BCUT2D eigenvalue weighted by Gasteiger charge is 2.30. The number of anilines is 1. The van der Waals surface area contributed by atoms with Crippen molar-refractivity contribution in [1.29, 1.82) is 0 Å². The van der Waals surface area contributed by atoms with Crippen molar-refractivity contribution in [2.45, 2.75) is 44.6 Å². The van der Waals surface area contributed by atoms with E-state index in [2.05, 4.69) is 10.6 Å². The van der Waals surface area contributed by atoms with Gasteiger partial charge in [-0.25, -0.2) is 0 Å². The number of hydrogen-bond acceptors (Lipinski definition) is 3. The minimum absolute atomic E-state index is 0.0108. The maximum absolute atomic E-state index is 12.4. The van der Waals surface area contributed by atoms with Gasteiger partial charge in [0.15, 0.2) is 0 Å². The molecule has 2 N–H and O–H groups in total. The van der Waals surface area contributed by atoms with Crippen LogP contribution in [0.5, 0.6) is 0 Å². The SMILES string of the molecule is O=C(NCC1CCCO1)C1CCC(C(=O)Nc2cccc(Cl)c2)CC1. The Morgan fingerprint density at radius 2 is 1.80 bits per heavy atom. The van der Waals surface area contributed by atoms with E-state index in [9.17, 15) is 9.59 Å². The molecule has 2 amide bonds. The number of carbonyl (C=O) groups excluding carboxylic acids is 2. The van der Waals surface area contributed by atoms with Crippen molar-refractivity contribution < 1.29 is 14.3 Å². The van der Waals surface area contributed by atoms with Gasteiger partial charge in [-0.2, -0.15) is 0 Å². The Balaban J connectivity index is 1.41. The summed E-state index contributed by atoms with van der Waals surface area (Å²) in [4.78, 5) is 24.7. The molecule has 0 aromatic heterocycles. The van der Waals surface area contributed by atoms with Crippen LogP contribution in [0.25, 0.3) is 0 Å². The molecule has 0 radical (unpaired) electrons. The van der Waals surface area contributed by atoms with Gasteiger partial charge in [0, 0.05) is 35.7 Å². The second-order valence-corrected chi connectivity index (χ2v) is 7.36. The van der Waals surface area contributed by atoms with Crippen molar-refractivity contribution in [2.75, 3.05) is 18.5 Å². The predicted octanol–water partition coefficient (Wildman–Crippen LogP) is 3.38. The Hall–Kier alpha value is -1.59. The molecular weight excluding hydrogens is 340 g/mol. The zero-order chi connectivity index (χ0) is 17.6. The summed E-state index contributed by atoms with van der Waals surface area (Å²) in [6, 6.07) is 7.16. The van der Waals surface area contributed by atoms with E-state index >= 15 is 0 Å². The zero-order valence-electron chi connectivity index (χ0n) is 14.3. The molecule has 1 heterocycles. The first-order valence-electron chi connectivity index (χ1n) is 9.07. The number of ether oxygens (including phenoxy) is 1. The van der Waals surface area contributed by atoms with Crippen LogP contribution in [0, 0.1) is 11.8 Å².